The first-order valence-corrected chi connectivity index (χ1v) is 8.38. The molecule has 1 saturated carbocycles. The van der Waals surface area contributed by atoms with Gasteiger partial charge in [0.2, 0.25) is 0 Å². The lowest BCUT2D eigenvalue weighted by molar-refractivity contribution is 0.230. The Balaban J connectivity index is 1.66. The molecule has 1 heterocycles. The van der Waals surface area contributed by atoms with Crippen molar-refractivity contribution in [3.63, 3.8) is 0 Å². The molecular weight excluding hydrogens is 240 g/mol. The molecule has 3 nitrogen and oxygen atoms in total. The van der Waals surface area contributed by atoms with Gasteiger partial charge in [-0.3, -0.25) is 0 Å². The van der Waals surface area contributed by atoms with E-state index in [1.165, 1.54) is 24.3 Å². The predicted molar refractivity (Wildman–Crippen MR) is 72.1 cm³/mol. The van der Waals surface area contributed by atoms with Crippen molar-refractivity contribution in [2.45, 2.75) is 44.2 Å². The van der Waals surface area contributed by atoms with E-state index in [9.17, 15) is 4.79 Å². The lowest BCUT2D eigenvalue weighted by atomic mass is 9.96. The molecule has 1 saturated heterocycles. The average molecular weight is 260 g/mol. The smallest absolute Gasteiger partial charge is 0.315 e. The van der Waals surface area contributed by atoms with Gasteiger partial charge in [-0.2, -0.15) is 0 Å². The summed E-state index contributed by atoms with van der Waals surface area (Å²) in [5.74, 6) is 2.12. The molecule has 2 rings (SSSR count). The number of hydrogen-bond acceptors (Lipinski definition) is 3. The Bertz CT molecular complexity index is 204. The number of rotatable bonds is 2. The van der Waals surface area contributed by atoms with Crippen LogP contribution >= 0.6 is 23.5 Å². The second-order valence-electron chi connectivity index (χ2n) is 4.51. The number of hydrogen-bond donors (Lipinski definition) is 2. The molecule has 2 amide bonds. The van der Waals surface area contributed by atoms with Crippen molar-refractivity contribution < 1.29 is 4.79 Å². The van der Waals surface area contributed by atoms with Crippen LogP contribution in [0.3, 0.4) is 0 Å². The van der Waals surface area contributed by atoms with E-state index in [0.29, 0.717) is 12.1 Å². The summed E-state index contributed by atoms with van der Waals surface area (Å²) in [7, 11) is 0. The van der Waals surface area contributed by atoms with Crippen molar-refractivity contribution in [1.82, 2.24) is 10.6 Å². The normalized spacial score (nSPS) is 24.0. The minimum atomic E-state index is 0.0417. The van der Waals surface area contributed by atoms with Crippen LogP contribution in [-0.2, 0) is 0 Å². The summed E-state index contributed by atoms with van der Waals surface area (Å²) in [6.45, 7) is 0. The van der Waals surface area contributed by atoms with Crippen molar-refractivity contribution in [2.24, 2.45) is 0 Å². The van der Waals surface area contributed by atoms with Crippen LogP contribution in [-0.4, -0.2) is 34.7 Å². The lowest BCUT2D eigenvalue weighted by Gasteiger charge is -2.26. The second kappa shape index (κ2) is 6.64. The number of amides is 2. The molecule has 0 spiro atoms. The Morgan fingerprint density at radius 2 is 1.56 bits per heavy atom. The Hall–Kier alpha value is -0.0300. The molecule has 0 radical (unpaired) electrons. The molecule has 92 valence electrons. The zero-order chi connectivity index (χ0) is 11.2. The van der Waals surface area contributed by atoms with Gasteiger partial charge in [0.05, 0.1) is 0 Å². The summed E-state index contributed by atoms with van der Waals surface area (Å²) in [6, 6.07) is 0.810. The van der Waals surface area contributed by atoms with Gasteiger partial charge < -0.3 is 10.6 Å². The van der Waals surface area contributed by atoms with E-state index in [0.717, 1.165) is 24.3 Å². The third-order valence-corrected chi connectivity index (χ3v) is 5.69. The molecule has 0 aromatic carbocycles. The summed E-state index contributed by atoms with van der Waals surface area (Å²) in [5, 5.41) is 7.34. The summed E-state index contributed by atoms with van der Waals surface area (Å²) in [6.07, 6.45) is 6.17. The molecule has 2 N–H and O–H groups in total. The van der Waals surface area contributed by atoms with Crippen LogP contribution in [0.2, 0.25) is 0 Å². The van der Waals surface area contributed by atoms with E-state index in [2.05, 4.69) is 10.6 Å². The number of urea groups is 1. The fourth-order valence-corrected chi connectivity index (χ4v) is 4.59. The maximum absolute atomic E-state index is 11.7. The zero-order valence-corrected chi connectivity index (χ0v) is 11.2. The van der Waals surface area contributed by atoms with Gasteiger partial charge in [0, 0.05) is 28.7 Å². The highest BCUT2D eigenvalue weighted by molar-refractivity contribution is 8.16. The number of carbonyl (C=O) groups is 1. The molecule has 1 aliphatic heterocycles. The third kappa shape index (κ3) is 4.09. The van der Waals surface area contributed by atoms with Gasteiger partial charge >= 0.3 is 6.03 Å². The van der Waals surface area contributed by atoms with Gasteiger partial charge in [-0.15, -0.1) is 23.5 Å². The Morgan fingerprint density at radius 3 is 2.25 bits per heavy atom. The molecular formula is C11H20N2OS2. The van der Waals surface area contributed by atoms with Crippen LogP contribution in [0.4, 0.5) is 4.79 Å². The highest BCUT2D eigenvalue weighted by Gasteiger charge is 2.19. The Morgan fingerprint density at radius 1 is 0.938 bits per heavy atom. The Kier molecular flexibility index (Phi) is 5.16. The van der Waals surface area contributed by atoms with E-state index >= 15 is 0 Å². The van der Waals surface area contributed by atoms with E-state index < -0.39 is 0 Å². The zero-order valence-electron chi connectivity index (χ0n) is 9.54. The van der Waals surface area contributed by atoms with Gasteiger partial charge in [-0.05, 0) is 12.8 Å². The summed E-state index contributed by atoms with van der Waals surface area (Å²) in [5.41, 5.74) is 0. The van der Waals surface area contributed by atoms with Crippen molar-refractivity contribution in [1.29, 1.82) is 0 Å². The molecule has 1 aliphatic carbocycles. The van der Waals surface area contributed by atoms with Crippen LogP contribution < -0.4 is 10.6 Å². The first-order valence-electron chi connectivity index (χ1n) is 6.07. The van der Waals surface area contributed by atoms with Crippen LogP contribution in [0, 0.1) is 0 Å². The van der Waals surface area contributed by atoms with Gasteiger partial charge in [0.1, 0.15) is 0 Å². The SMILES string of the molecule is O=C(NC1CCCCC1)NC1CSCSC1. The maximum atomic E-state index is 11.7. The van der Waals surface area contributed by atoms with Crippen molar-refractivity contribution >= 4 is 29.6 Å². The van der Waals surface area contributed by atoms with E-state index in [1.807, 2.05) is 23.5 Å². The van der Waals surface area contributed by atoms with E-state index in [-0.39, 0.29) is 6.03 Å². The minimum absolute atomic E-state index is 0.0417. The first-order chi connectivity index (χ1) is 7.84. The molecule has 0 atom stereocenters. The van der Waals surface area contributed by atoms with Crippen LogP contribution in [0.5, 0.6) is 0 Å². The van der Waals surface area contributed by atoms with Crippen LogP contribution in [0.15, 0.2) is 0 Å². The van der Waals surface area contributed by atoms with E-state index in [4.69, 9.17) is 0 Å². The van der Waals surface area contributed by atoms with Crippen molar-refractivity contribution in [3.8, 4) is 0 Å². The van der Waals surface area contributed by atoms with Gasteiger partial charge in [0.25, 0.3) is 0 Å². The van der Waals surface area contributed by atoms with E-state index in [1.54, 1.807) is 0 Å². The molecule has 0 bridgehead atoms. The van der Waals surface area contributed by atoms with Gasteiger partial charge in [-0.1, -0.05) is 19.3 Å². The van der Waals surface area contributed by atoms with Crippen LogP contribution in [0.1, 0.15) is 32.1 Å². The lowest BCUT2D eigenvalue weighted by Crippen LogP contribution is -2.49. The fraction of sp³-hybridized carbons (Fsp3) is 0.909. The molecule has 0 aromatic rings. The molecule has 2 aliphatic rings. The topological polar surface area (TPSA) is 41.1 Å². The average Bonchev–Trinajstić information content (AvgIpc) is 2.31. The Labute approximate surface area is 106 Å². The molecule has 5 heteroatoms. The minimum Gasteiger partial charge on any atom is -0.335 e. The van der Waals surface area contributed by atoms with Crippen molar-refractivity contribution in [2.75, 3.05) is 16.6 Å². The fourth-order valence-electron chi connectivity index (χ4n) is 2.23. The number of thioether (sulfide) groups is 2. The van der Waals surface area contributed by atoms with Gasteiger partial charge in [0.15, 0.2) is 0 Å². The highest BCUT2D eigenvalue weighted by Crippen LogP contribution is 2.21. The number of carbonyl (C=O) groups excluding carboxylic acids is 1. The summed E-state index contributed by atoms with van der Waals surface area (Å²) in [4.78, 5) is 11.7. The van der Waals surface area contributed by atoms with Crippen molar-refractivity contribution in [3.05, 3.63) is 0 Å². The molecule has 0 aromatic heterocycles. The maximum Gasteiger partial charge on any atom is 0.315 e. The third-order valence-electron chi connectivity index (χ3n) is 3.08. The molecule has 16 heavy (non-hydrogen) atoms. The second-order valence-corrected chi connectivity index (χ2v) is 6.94. The predicted octanol–water partition coefficient (Wildman–Crippen LogP) is 2.42. The quantitative estimate of drug-likeness (QED) is 0.801. The highest BCUT2D eigenvalue weighted by atomic mass is 32.2. The molecule has 0 unspecified atom stereocenters. The van der Waals surface area contributed by atoms with Gasteiger partial charge in [-0.25, -0.2) is 4.79 Å². The largest absolute Gasteiger partial charge is 0.335 e. The number of nitrogens with one attached hydrogen (secondary N) is 2. The first kappa shape index (κ1) is 12.4. The van der Waals surface area contributed by atoms with Crippen LogP contribution in [0.25, 0.3) is 0 Å². The monoisotopic (exact) mass is 260 g/mol. The summed E-state index contributed by atoms with van der Waals surface area (Å²) >= 11 is 3.82. The standard InChI is InChI=1S/C11H20N2OS2/c14-11(12-9-4-2-1-3-5-9)13-10-6-15-8-16-7-10/h9-10H,1-8H2,(H2,12,13,14). The molecule has 2 fully saturated rings. The summed E-state index contributed by atoms with van der Waals surface area (Å²) < 4.78 is 0.